The lowest BCUT2D eigenvalue weighted by molar-refractivity contribution is 0.0577. The Hall–Kier alpha value is -1.39. The van der Waals surface area contributed by atoms with Crippen LogP contribution in [0.3, 0.4) is 0 Å². The molecule has 0 radical (unpaired) electrons. The predicted molar refractivity (Wildman–Crippen MR) is 79.9 cm³/mol. The number of hydrogen-bond donors (Lipinski definition) is 3. The van der Waals surface area contributed by atoms with Crippen LogP contribution < -0.4 is 5.32 Å². The van der Waals surface area contributed by atoms with Crippen LogP contribution in [0.1, 0.15) is 39.2 Å². The van der Waals surface area contributed by atoms with E-state index in [0.29, 0.717) is 18.7 Å². The molecule has 1 aromatic carbocycles. The van der Waals surface area contributed by atoms with E-state index in [0.717, 1.165) is 6.42 Å². The topological polar surface area (TPSA) is 64.9 Å². The van der Waals surface area contributed by atoms with E-state index in [2.05, 4.69) is 36.5 Å². The molecule has 1 aliphatic rings. The molecule has 3 N–H and O–H groups in total. The van der Waals surface area contributed by atoms with Gasteiger partial charge in [0.2, 0.25) is 0 Å². The lowest BCUT2D eigenvalue weighted by Gasteiger charge is -2.46. The predicted octanol–water partition coefficient (Wildman–Crippen LogP) is 2.55. The molecule has 1 fully saturated rings. The second kappa shape index (κ2) is 5.54. The van der Waals surface area contributed by atoms with Crippen molar-refractivity contribution in [1.29, 1.82) is 0 Å². The van der Waals surface area contributed by atoms with Crippen molar-refractivity contribution in [2.75, 3.05) is 0 Å². The van der Waals surface area contributed by atoms with Crippen LogP contribution in [0.15, 0.2) is 35.5 Å². The van der Waals surface area contributed by atoms with Gasteiger partial charge in [-0.25, -0.2) is 0 Å². The lowest BCUT2D eigenvalue weighted by atomic mass is 9.66. The van der Waals surface area contributed by atoms with E-state index in [1.807, 2.05) is 25.1 Å². The number of aliphatic hydroxyl groups excluding tert-OH is 1. The normalized spacial score (nSPS) is 31.4. The zero-order valence-electron chi connectivity index (χ0n) is 12.4. The maximum atomic E-state index is 10.4. The van der Waals surface area contributed by atoms with Crippen molar-refractivity contribution >= 4 is 5.71 Å². The average molecular weight is 276 g/mol. The van der Waals surface area contributed by atoms with Crippen molar-refractivity contribution in [3.05, 3.63) is 35.9 Å². The van der Waals surface area contributed by atoms with Gasteiger partial charge in [0.05, 0.1) is 5.71 Å². The first kappa shape index (κ1) is 15.0. The first-order valence-corrected chi connectivity index (χ1v) is 7.04. The summed E-state index contributed by atoms with van der Waals surface area (Å²) in [6.07, 6.45) is 0.685. The molecule has 1 saturated carbocycles. The van der Waals surface area contributed by atoms with Gasteiger partial charge < -0.3 is 15.6 Å². The summed E-state index contributed by atoms with van der Waals surface area (Å²) in [5.41, 5.74) is 1.15. The molecule has 0 bridgehead atoms. The van der Waals surface area contributed by atoms with Crippen molar-refractivity contribution in [2.45, 2.75) is 51.8 Å². The smallest absolute Gasteiger partial charge is 0.113 e. The summed E-state index contributed by atoms with van der Waals surface area (Å²) in [6, 6.07) is 10.1. The Bertz CT molecular complexity index is 485. The van der Waals surface area contributed by atoms with E-state index in [4.69, 9.17) is 5.21 Å². The molecule has 0 spiro atoms. The van der Waals surface area contributed by atoms with E-state index >= 15 is 0 Å². The number of oxime groups is 1. The Kier molecular flexibility index (Phi) is 4.16. The molecule has 1 aliphatic carbocycles. The molecule has 0 aromatic heterocycles. The monoisotopic (exact) mass is 276 g/mol. The lowest BCUT2D eigenvalue weighted by Crippen LogP contribution is -2.60. The minimum absolute atomic E-state index is 0.000763. The Morgan fingerprint density at radius 3 is 2.50 bits per heavy atom. The van der Waals surface area contributed by atoms with E-state index in [-0.39, 0.29) is 5.41 Å². The fraction of sp³-hybridized carbons (Fsp3) is 0.562. The molecule has 0 heterocycles. The van der Waals surface area contributed by atoms with Gasteiger partial charge in [-0.1, -0.05) is 49.3 Å². The van der Waals surface area contributed by atoms with E-state index in [9.17, 15) is 5.11 Å². The summed E-state index contributed by atoms with van der Waals surface area (Å²) in [4.78, 5) is 0. The highest BCUT2D eigenvalue weighted by Crippen LogP contribution is 2.39. The van der Waals surface area contributed by atoms with Crippen molar-refractivity contribution in [3.63, 3.8) is 0 Å². The minimum atomic E-state index is -0.760. The van der Waals surface area contributed by atoms with E-state index in [1.54, 1.807) is 0 Å². The van der Waals surface area contributed by atoms with Crippen molar-refractivity contribution in [2.24, 2.45) is 10.6 Å². The van der Waals surface area contributed by atoms with Crippen LogP contribution in [0, 0.1) is 5.41 Å². The van der Waals surface area contributed by atoms with Crippen LogP contribution in [0.5, 0.6) is 0 Å². The quantitative estimate of drug-likeness (QED) is 0.587. The Balaban J connectivity index is 2.14. The second-order valence-corrected chi connectivity index (χ2v) is 6.77. The first-order valence-electron chi connectivity index (χ1n) is 7.04. The number of rotatable bonds is 3. The van der Waals surface area contributed by atoms with Crippen LogP contribution in [-0.4, -0.2) is 27.7 Å². The zero-order valence-corrected chi connectivity index (χ0v) is 12.4. The summed E-state index contributed by atoms with van der Waals surface area (Å²) < 4.78 is 0. The maximum absolute atomic E-state index is 10.4. The van der Waals surface area contributed by atoms with Gasteiger partial charge >= 0.3 is 0 Å². The second-order valence-electron chi connectivity index (χ2n) is 6.77. The molecule has 4 heteroatoms. The molecule has 20 heavy (non-hydrogen) atoms. The van der Waals surface area contributed by atoms with E-state index < -0.39 is 11.6 Å². The standard InChI is InChI=1S/C16H24N2O2/c1-15(2)9-13(18-20)14(19)16(3,11-15)17-10-12-7-5-4-6-8-12/h4-8,14,17,19-20H,9-11H2,1-3H3. The molecule has 2 atom stereocenters. The van der Waals surface area contributed by atoms with Gasteiger partial charge in [0.25, 0.3) is 0 Å². The van der Waals surface area contributed by atoms with Gasteiger partial charge in [-0.3, -0.25) is 0 Å². The summed E-state index contributed by atoms with van der Waals surface area (Å²) >= 11 is 0. The fourth-order valence-corrected chi connectivity index (χ4v) is 3.26. The highest BCUT2D eigenvalue weighted by molar-refractivity contribution is 5.90. The number of benzene rings is 1. The number of nitrogens with one attached hydrogen (secondary N) is 1. The molecule has 2 unspecified atom stereocenters. The molecule has 0 aliphatic heterocycles. The zero-order chi connectivity index (χ0) is 14.8. The minimum Gasteiger partial charge on any atom is -0.411 e. The molecule has 0 saturated heterocycles. The van der Waals surface area contributed by atoms with Crippen molar-refractivity contribution in [3.8, 4) is 0 Å². The summed E-state index contributed by atoms with van der Waals surface area (Å²) in [6.45, 7) is 6.94. The van der Waals surface area contributed by atoms with Crippen LogP contribution in [0.25, 0.3) is 0 Å². The Morgan fingerprint density at radius 2 is 1.90 bits per heavy atom. The van der Waals surface area contributed by atoms with Crippen LogP contribution in [-0.2, 0) is 6.54 Å². The third-order valence-corrected chi connectivity index (χ3v) is 4.09. The highest BCUT2D eigenvalue weighted by atomic mass is 16.4. The van der Waals surface area contributed by atoms with Gasteiger partial charge in [0.15, 0.2) is 0 Å². The van der Waals surface area contributed by atoms with Crippen molar-refractivity contribution in [1.82, 2.24) is 5.32 Å². The third-order valence-electron chi connectivity index (χ3n) is 4.09. The first-order chi connectivity index (χ1) is 9.36. The summed E-state index contributed by atoms with van der Waals surface area (Å²) in [7, 11) is 0. The molecule has 0 amide bonds. The number of nitrogens with zero attached hydrogens (tertiary/aromatic N) is 1. The van der Waals surface area contributed by atoms with Gasteiger partial charge in [0, 0.05) is 12.1 Å². The van der Waals surface area contributed by atoms with Crippen LogP contribution in [0.4, 0.5) is 0 Å². The Labute approximate surface area is 120 Å². The summed E-state index contributed by atoms with van der Waals surface area (Å²) in [5, 5.41) is 26.3. The maximum Gasteiger partial charge on any atom is 0.113 e. The average Bonchev–Trinajstić information content (AvgIpc) is 2.41. The molecule has 4 nitrogen and oxygen atoms in total. The summed E-state index contributed by atoms with van der Waals surface area (Å²) in [5.74, 6) is 0. The molecule has 2 rings (SSSR count). The largest absolute Gasteiger partial charge is 0.411 e. The van der Waals surface area contributed by atoms with Crippen molar-refractivity contribution < 1.29 is 10.3 Å². The van der Waals surface area contributed by atoms with E-state index in [1.165, 1.54) is 5.56 Å². The van der Waals surface area contributed by atoms with Gasteiger partial charge in [-0.2, -0.15) is 0 Å². The Morgan fingerprint density at radius 1 is 1.25 bits per heavy atom. The molecule has 1 aromatic rings. The SMILES string of the molecule is CC1(C)CC(=NO)C(O)C(C)(NCc2ccccc2)C1. The highest BCUT2D eigenvalue weighted by Gasteiger charge is 2.46. The van der Waals surface area contributed by atoms with Crippen LogP contribution in [0.2, 0.25) is 0 Å². The van der Waals surface area contributed by atoms with Gasteiger partial charge in [0.1, 0.15) is 6.10 Å². The van der Waals surface area contributed by atoms with Gasteiger partial charge in [-0.15, -0.1) is 0 Å². The third kappa shape index (κ3) is 3.19. The molecular formula is C16H24N2O2. The molecular weight excluding hydrogens is 252 g/mol. The van der Waals surface area contributed by atoms with Crippen LogP contribution >= 0.6 is 0 Å². The van der Waals surface area contributed by atoms with Gasteiger partial charge in [-0.05, 0) is 30.7 Å². The fourth-order valence-electron chi connectivity index (χ4n) is 3.26. The number of hydrogen-bond acceptors (Lipinski definition) is 4. The molecule has 110 valence electrons. The number of aliphatic hydroxyl groups is 1.